The van der Waals surface area contributed by atoms with Gasteiger partial charge in [-0.3, -0.25) is 19.2 Å². The molecule has 0 radical (unpaired) electrons. The van der Waals surface area contributed by atoms with Gasteiger partial charge in [0.05, 0.1) is 11.3 Å². The first kappa shape index (κ1) is 13.9. The molecule has 4 fully saturated rings. The lowest BCUT2D eigenvalue weighted by molar-refractivity contribution is -0.168. The average molecular weight is 306 g/mol. The fourth-order valence-electron chi connectivity index (χ4n) is 5.39. The molecule has 118 valence electrons. The molecular formula is C16H18O6. The minimum Gasteiger partial charge on any atom is -0.392 e. The molecule has 2 aliphatic carbocycles. The third-order valence-corrected chi connectivity index (χ3v) is 6.26. The van der Waals surface area contributed by atoms with Crippen molar-refractivity contribution in [1.82, 2.24) is 0 Å². The lowest BCUT2D eigenvalue weighted by Gasteiger charge is -2.47. The van der Waals surface area contributed by atoms with Crippen molar-refractivity contribution in [2.45, 2.75) is 51.4 Å². The van der Waals surface area contributed by atoms with Gasteiger partial charge in [-0.1, -0.05) is 25.7 Å². The number of carbonyl (C=O) groups is 4. The Labute approximate surface area is 127 Å². The zero-order valence-electron chi connectivity index (χ0n) is 12.3. The molecule has 6 nitrogen and oxygen atoms in total. The van der Waals surface area contributed by atoms with E-state index in [1.165, 1.54) is 0 Å². The second-order valence-corrected chi connectivity index (χ2v) is 6.94. The van der Waals surface area contributed by atoms with Crippen molar-refractivity contribution in [2.75, 3.05) is 0 Å². The van der Waals surface area contributed by atoms with Crippen molar-refractivity contribution in [3.05, 3.63) is 0 Å². The van der Waals surface area contributed by atoms with Crippen molar-refractivity contribution in [3.8, 4) is 0 Å². The quantitative estimate of drug-likeness (QED) is 0.539. The minimum atomic E-state index is -1.71. The predicted octanol–water partition coefficient (Wildman–Crippen LogP) is 1.51. The van der Waals surface area contributed by atoms with E-state index in [9.17, 15) is 19.2 Å². The van der Waals surface area contributed by atoms with Gasteiger partial charge >= 0.3 is 23.9 Å². The number of carbonyl (C=O) groups excluding carboxylic acids is 4. The second-order valence-electron chi connectivity index (χ2n) is 6.94. The standard InChI is InChI=1S/C16H18O6/c17-11-10-7-4-8-15(9-5-2-1-3-6-9)12(18)22-14(20)16(10,15)13(19)21-11/h9-10H,1-8H2. The van der Waals surface area contributed by atoms with Gasteiger partial charge in [0.25, 0.3) is 0 Å². The summed E-state index contributed by atoms with van der Waals surface area (Å²) in [6.07, 6.45) is 6.08. The van der Waals surface area contributed by atoms with E-state index in [0.29, 0.717) is 19.3 Å². The van der Waals surface area contributed by atoms with Crippen LogP contribution < -0.4 is 0 Å². The van der Waals surface area contributed by atoms with Gasteiger partial charge in [0.1, 0.15) is 0 Å². The summed E-state index contributed by atoms with van der Waals surface area (Å²) >= 11 is 0. The molecular weight excluding hydrogens is 288 g/mol. The molecule has 3 atom stereocenters. The Morgan fingerprint density at radius 2 is 1.45 bits per heavy atom. The molecule has 6 heteroatoms. The van der Waals surface area contributed by atoms with E-state index >= 15 is 0 Å². The van der Waals surface area contributed by atoms with Crippen LogP contribution in [0.1, 0.15) is 51.4 Å². The average Bonchev–Trinajstić information content (AvgIpc) is 2.93. The van der Waals surface area contributed by atoms with Crippen molar-refractivity contribution in [2.24, 2.45) is 22.7 Å². The Morgan fingerprint density at radius 3 is 2.18 bits per heavy atom. The van der Waals surface area contributed by atoms with Gasteiger partial charge in [0.15, 0.2) is 5.41 Å². The lowest BCUT2D eigenvalue weighted by Crippen LogP contribution is -2.58. The molecule has 0 amide bonds. The van der Waals surface area contributed by atoms with Crippen LogP contribution in [0.3, 0.4) is 0 Å². The molecule has 0 bridgehead atoms. The van der Waals surface area contributed by atoms with Crippen LogP contribution in [-0.2, 0) is 28.7 Å². The number of hydrogen-bond acceptors (Lipinski definition) is 6. The third-order valence-electron chi connectivity index (χ3n) is 6.26. The van der Waals surface area contributed by atoms with E-state index in [4.69, 9.17) is 9.47 Å². The van der Waals surface area contributed by atoms with Gasteiger partial charge in [0.2, 0.25) is 0 Å². The maximum Gasteiger partial charge on any atom is 0.333 e. The van der Waals surface area contributed by atoms with Gasteiger partial charge < -0.3 is 9.47 Å². The molecule has 2 heterocycles. The summed E-state index contributed by atoms with van der Waals surface area (Å²) in [5, 5.41) is 0. The molecule has 2 aliphatic heterocycles. The maximum atomic E-state index is 12.7. The first-order chi connectivity index (χ1) is 10.5. The fraction of sp³-hybridized carbons (Fsp3) is 0.750. The Kier molecular flexibility index (Phi) is 2.78. The molecule has 1 spiro atoms. The molecule has 0 aromatic rings. The number of ether oxygens (including phenoxy) is 2. The number of rotatable bonds is 1. The largest absolute Gasteiger partial charge is 0.392 e. The van der Waals surface area contributed by atoms with Crippen LogP contribution in [0.4, 0.5) is 0 Å². The van der Waals surface area contributed by atoms with Crippen LogP contribution in [0.5, 0.6) is 0 Å². The normalized spacial score (nSPS) is 41.9. The zero-order valence-corrected chi connectivity index (χ0v) is 12.3. The van der Waals surface area contributed by atoms with E-state index in [0.717, 1.165) is 32.1 Å². The zero-order chi connectivity index (χ0) is 15.5. The maximum absolute atomic E-state index is 12.7. The van der Waals surface area contributed by atoms with Crippen molar-refractivity contribution >= 4 is 23.9 Å². The second kappa shape index (κ2) is 4.40. The molecule has 2 saturated heterocycles. The topological polar surface area (TPSA) is 86.7 Å². The van der Waals surface area contributed by atoms with Gasteiger partial charge in [-0.15, -0.1) is 0 Å². The van der Waals surface area contributed by atoms with E-state index < -0.39 is 40.6 Å². The van der Waals surface area contributed by atoms with E-state index in [1.807, 2.05) is 0 Å². The van der Waals surface area contributed by atoms with Gasteiger partial charge in [-0.25, -0.2) is 0 Å². The molecule has 2 saturated carbocycles. The van der Waals surface area contributed by atoms with Gasteiger partial charge in [-0.2, -0.15) is 0 Å². The molecule has 0 aromatic carbocycles. The molecule has 0 aromatic heterocycles. The van der Waals surface area contributed by atoms with Crippen molar-refractivity contribution < 1.29 is 28.7 Å². The van der Waals surface area contributed by atoms with Crippen LogP contribution >= 0.6 is 0 Å². The SMILES string of the molecule is O=C1OC(=O)C23C(=O)OC(=O)C2(C2CCCCC2)CCCC13. The number of cyclic esters (lactones) is 4. The van der Waals surface area contributed by atoms with Crippen molar-refractivity contribution in [3.63, 3.8) is 0 Å². The van der Waals surface area contributed by atoms with Crippen LogP contribution in [0.25, 0.3) is 0 Å². The van der Waals surface area contributed by atoms with E-state index in [1.54, 1.807) is 0 Å². The summed E-state index contributed by atoms with van der Waals surface area (Å²) in [5.41, 5.74) is -2.89. The molecule has 0 N–H and O–H groups in total. The summed E-state index contributed by atoms with van der Waals surface area (Å²) in [5.74, 6) is -3.93. The van der Waals surface area contributed by atoms with Crippen LogP contribution in [0.15, 0.2) is 0 Å². The lowest BCUT2D eigenvalue weighted by atomic mass is 9.47. The summed E-state index contributed by atoms with van der Waals surface area (Å²) in [6, 6.07) is 0. The Hall–Kier alpha value is -1.72. The highest BCUT2D eigenvalue weighted by Crippen LogP contribution is 2.67. The summed E-state index contributed by atoms with van der Waals surface area (Å²) in [4.78, 5) is 49.8. The Balaban J connectivity index is 1.92. The molecule has 4 rings (SSSR count). The molecule has 22 heavy (non-hydrogen) atoms. The van der Waals surface area contributed by atoms with Gasteiger partial charge in [-0.05, 0) is 31.6 Å². The third kappa shape index (κ3) is 1.32. The minimum absolute atomic E-state index is 0.0820. The first-order valence-electron chi connectivity index (χ1n) is 8.08. The number of esters is 4. The van der Waals surface area contributed by atoms with Crippen molar-refractivity contribution in [1.29, 1.82) is 0 Å². The van der Waals surface area contributed by atoms with E-state index in [2.05, 4.69) is 0 Å². The highest BCUT2D eigenvalue weighted by molar-refractivity contribution is 6.20. The summed E-state index contributed by atoms with van der Waals surface area (Å²) < 4.78 is 9.77. The van der Waals surface area contributed by atoms with Gasteiger partial charge in [0, 0.05) is 0 Å². The predicted molar refractivity (Wildman–Crippen MR) is 71.0 cm³/mol. The highest BCUT2D eigenvalue weighted by Gasteiger charge is 2.82. The molecule has 3 unspecified atom stereocenters. The Morgan fingerprint density at radius 1 is 0.773 bits per heavy atom. The smallest absolute Gasteiger partial charge is 0.333 e. The first-order valence-corrected chi connectivity index (χ1v) is 8.08. The fourth-order valence-corrected chi connectivity index (χ4v) is 5.39. The number of hydrogen-bond donors (Lipinski definition) is 0. The van der Waals surface area contributed by atoms with Crippen LogP contribution in [-0.4, -0.2) is 23.9 Å². The highest BCUT2D eigenvalue weighted by atomic mass is 16.6. The monoisotopic (exact) mass is 306 g/mol. The van der Waals surface area contributed by atoms with E-state index in [-0.39, 0.29) is 5.92 Å². The summed E-state index contributed by atoms with van der Waals surface area (Å²) in [7, 11) is 0. The summed E-state index contributed by atoms with van der Waals surface area (Å²) in [6.45, 7) is 0. The Bertz CT molecular complexity index is 579. The van der Waals surface area contributed by atoms with Crippen LogP contribution in [0, 0.1) is 22.7 Å². The van der Waals surface area contributed by atoms with Crippen LogP contribution in [0.2, 0.25) is 0 Å². The molecule has 4 aliphatic rings.